The molecule has 98 valence electrons. The average molecular weight is 258 g/mol. The van der Waals surface area contributed by atoms with E-state index in [1.54, 1.807) is 11.9 Å². The van der Waals surface area contributed by atoms with Crippen molar-refractivity contribution in [1.82, 2.24) is 15.5 Å². The van der Waals surface area contributed by atoms with Crippen LogP contribution in [0.1, 0.15) is 23.9 Å². The summed E-state index contributed by atoms with van der Waals surface area (Å²) < 4.78 is 4.69. The van der Waals surface area contributed by atoms with E-state index >= 15 is 0 Å². The number of aromatic nitrogens is 2. The molecule has 0 spiro atoms. The summed E-state index contributed by atoms with van der Waals surface area (Å²) in [5.74, 6) is 0.688. The van der Waals surface area contributed by atoms with Gasteiger partial charge < -0.3 is 14.7 Å². The van der Waals surface area contributed by atoms with Gasteiger partial charge >= 0.3 is 0 Å². The van der Waals surface area contributed by atoms with Gasteiger partial charge in [-0.2, -0.15) is 4.98 Å². The Kier molecular flexibility index (Phi) is 3.00. The summed E-state index contributed by atoms with van der Waals surface area (Å²) >= 11 is 0. The highest BCUT2D eigenvalue weighted by molar-refractivity contribution is 5.96. The smallest absolute Gasteiger partial charge is 0.228 e. The molecule has 0 aliphatic carbocycles. The topological polar surface area (TPSA) is 71.3 Å². The molecule has 0 saturated heterocycles. The Morgan fingerprint density at radius 2 is 2.32 bits per heavy atom. The van der Waals surface area contributed by atoms with Gasteiger partial charge in [-0.1, -0.05) is 23.4 Å². The highest BCUT2D eigenvalue weighted by Crippen LogP contribution is 2.33. The molecule has 1 aliphatic heterocycles. The summed E-state index contributed by atoms with van der Waals surface area (Å²) in [5.41, 5.74) is 2.07. The maximum absolute atomic E-state index is 12.0. The monoisotopic (exact) mass is 258 g/mol. The number of fused-ring (bicyclic) bond motifs is 1. The lowest BCUT2D eigenvalue weighted by molar-refractivity contribution is -0.119. The van der Waals surface area contributed by atoms with Crippen molar-refractivity contribution in [2.45, 2.75) is 19.0 Å². The highest BCUT2D eigenvalue weighted by atomic mass is 16.5. The van der Waals surface area contributed by atoms with Crippen molar-refractivity contribution in [2.24, 2.45) is 0 Å². The molecular formula is C13H14N4O2. The first-order chi connectivity index (χ1) is 9.25. The Morgan fingerprint density at radius 3 is 3.11 bits per heavy atom. The van der Waals surface area contributed by atoms with Crippen LogP contribution >= 0.6 is 0 Å². The zero-order chi connectivity index (χ0) is 13.2. The molecule has 6 nitrogen and oxygen atoms in total. The summed E-state index contributed by atoms with van der Waals surface area (Å²) in [4.78, 5) is 17.6. The fraction of sp³-hybridized carbons (Fsp3) is 0.308. The third-order valence-electron chi connectivity index (χ3n) is 3.34. The number of amides is 1. The molecule has 0 radical (unpaired) electrons. The van der Waals surface area contributed by atoms with Crippen LogP contribution < -0.4 is 10.2 Å². The molecule has 1 aromatic heterocycles. The van der Waals surface area contributed by atoms with E-state index in [4.69, 9.17) is 0 Å². The standard InChI is InChI=1S/C13H14N4O2/c1-17-11-5-3-2-4-9(11)10(6-13(17)18)14-7-12-15-8-19-16-12/h2-5,8,10,14H,6-7H2,1H3. The number of hydrogen-bond acceptors (Lipinski definition) is 5. The molecule has 2 heterocycles. The van der Waals surface area contributed by atoms with Gasteiger partial charge in [-0.15, -0.1) is 0 Å². The number of benzene rings is 1. The molecule has 1 aliphatic rings. The number of carbonyl (C=O) groups is 1. The molecule has 1 unspecified atom stereocenters. The van der Waals surface area contributed by atoms with Crippen molar-refractivity contribution < 1.29 is 9.32 Å². The van der Waals surface area contributed by atoms with Gasteiger partial charge in [-0.3, -0.25) is 4.79 Å². The molecular weight excluding hydrogens is 244 g/mol. The Morgan fingerprint density at radius 1 is 1.47 bits per heavy atom. The minimum Gasteiger partial charge on any atom is -0.343 e. The van der Waals surface area contributed by atoms with Gasteiger partial charge in [0.1, 0.15) is 0 Å². The lowest BCUT2D eigenvalue weighted by Crippen LogP contribution is -2.37. The molecule has 0 fully saturated rings. The zero-order valence-corrected chi connectivity index (χ0v) is 10.5. The normalized spacial score (nSPS) is 18.5. The fourth-order valence-corrected chi connectivity index (χ4v) is 2.31. The van der Waals surface area contributed by atoms with E-state index in [0.717, 1.165) is 11.3 Å². The van der Waals surface area contributed by atoms with Crippen molar-refractivity contribution in [1.29, 1.82) is 0 Å². The highest BCUT2D eigenvalue weighted by Gasteiger charge is 2.28. The van der Waals surface area contributed by atoms with Crippen LogP contribution in [0.15, 0.2) is 35.2 Å². The second-order valence-corrected chi connectivity index (χ2v) is 4.50. The number of para-hydroxylation sites is 1. The van der Waals surface area contributed by atoms with E-state index in [9.17, 15) is 4.79 Å². The Balaban J connectivity index is 1.82. The minimum atomic E-state index is -0.0154. The van der Waals surface area contributed by atoms with E-state index in [2.05, 4.69) is 20.0 Å². The van der Waals surface area contributed by atoms with Crippen molar-refractivity contribution in [3.8, 4) is 0 Å². The van der Waals surface area contributed by atoms with Gasteiger partial charge in [0.05, 0.1) is 6.54 Å². The number of rotatable bonds is 3. The van der Waals surface area contributed by atoms with E-state index in [0.29, 0.717) is 18.8 Å². The summed E-state index contributed by atoms with van der Waals surface area (Å²) in [5, 5.41) is 7.05. The first kappa shape index (κ1) is 11.9. The van der Waals surface area contributed by atoms with Crippen LogP contribution in [0.3, 0.4) is 0 Å². The van der Waals surface area contributed by atoms with Crippen molar-refractivity contribution in [2.75, 3.05) is 11.9 Å². The van der Waals surface area contributed by atoms with Crippen LogP contribution in [0.25, 0.3) is 0 Å². The molecule has 0 saturated carbocycles. The molecule has 0 bridgehead atoms. The summed E-state index contributed by atoms with van der Waals surface area (Å²) in [6, 6.07) is 7.88. The van der Waals surface area contributed by atoms with Crippen molar-refractivity contribution in [3.05, 3.63) is 42.0 Å². The van der Waals surface area contributed by atoms with Crippen LogP contribution in [-0.4, -0.2) is 23.1 Å². The van der Waals surface area contributed by atoms with Gasteiger partial charge in [-0.05, 0) is 11.6 Å². The Bertz CT molecular complexity index is 582. The van der Waals surface area contributed by atoms with Crippen LogP contribution in [0.4, 0.5) is 5.69 Å². The number of hydrogen-bond donors (Lipinski definition) is 1. The van der Waals surface area contributed by atoms with E-state index in [-0.39, 0.29) is 11.9 Å². The molecule has 1 aromatic carbocycles. The van der Waals surface area contributed by atoms with Crippen molar-refractivity contribution in [3.63, 3.8) is 0 Å². The molecule has 6 heteroatoms. The van der Waals surface area contributed by atoms with Crippen LogP contribution in [0.2, 0.25) is 0 Å². The minimum absolute atomic E-state index is 0.0154. The predicted molar refractivity (Wildman–Crippen MR) is 68.3 cm³/mol. The lowest BCUT2D eigenvalue weighted by atomic mass is 9.96. The molecule has 1 atom stereocenters. The quantitative estimate of drug-likeness (QED) is 0.897. The fourth-order valence-electron chi connectivity index (χ4n) is 2.31. The number of anilines is 1. The van der Waals surface area contributed by atoms with Crippen LogP contribution in [-0.2, 0) is 11.3 Å². The maximum atomic E-state index is 12.0. The first-order valence-corrected chi connectivity index (χ1v) is 6.10. The van der Waals surface area contributed by atoms with Crippen LogP contribution in [0.5, 0.6) is 0 Å². The molecule has 3 rings (SSSR count). The Hall–Kier alpha value is -2.21. The van der Waals surface area contributed by atoms with Gasteiger partial charge in [0, 0.05) is 25.2 Å². The summed E-state index contributed by atoms with van der Waals surface area (Å²) in [7, 11) is 1.80. The molecule has 19 heavy (non-hydrogen) atoms. The average Bonchev–Trinajstić information content (AvgIpc) is 2.95. The van der Waals surface area contributed by atoms with Gasteiger partial charge in [0.25, 0.3) is 0 Å². The van der Waals surface area contributed by atoms with E-state index in [1.807, 2.05) is 24.3 Å². The van der Waals surface area contributed by atoms with E-state index in [1.165, 1.54) is 6.39 Å². The molecule has 1 N–H and O–H groups in total. The predicted octanol–water partition coefficient (Wildman–Crippen LogP) is 1.27. The third kappa shape index (κ3) is 2.22. The Labute approximate surface area is 110 Å². The number of nitrogens with zero attached hydrogens (tertiary/aromatic N) is 3. The molecule has 2 aromatic rings. The van der Waals surface area contributed by atoms with Gasteiger partial charge in [-0.25, -0.2) is 0 Å². The maximum Gasteiger partial charge on any atom is 0.228 e. The third-order valence-corrected chi connectivity index (χ3v) is 3.34. The van der Waals surface area contributed by atoms with Crippen LogP contribution in [0, 0.1) is 0 Å². The summed E-state index contributed by atoms with van der Waals surface area (Å²) in [6.45, 7) is 0.479. The second-order valence-electron chi connectivity index (χ2n) is 4.50. The lowest BCUT2D eigenvalue weighted by Gasteiger charge is -2.31. The second kappa shape index (κ2) is 4.81. The SMILES string of the molecule is CN1C(=O)CC(NCc2ncon2)c2ccccc21. The van der Waals surface area contributed by atoms with Gasteiger partial charge in [0.15, 0.2) is 5.82 Å². The zero-order valence-electron chi connectivity index (χ0n) is 10.5. The first-order valence-electron chi connectivity index (χ1n) is 6.10. The summed E-state index contributed by atoms with van der Waals surface area (Å²) in [6.07, 6.45) is 1.73. The largest absolute Gasteiger partial charge is 0.343 e. The number of nitrogens with one attached hydrogen (secondary N) is 1. The van der Waals surface area contributed by atoms with Gasteiger partial charge in [0.2, 0.25) is 12.3 Å². The van der Waals surface area contributed by atoms with Crippen molar-refractivity contribution >= 4 is 11.6 Å². The molecule has 1 amide bonds. The number of carbonyl (C=O) groups excluding carboxylic acids is 1. The van der Waals surface area contributed by atoms with E-state index < -0.39 is 0 Å².